The van der Waals surface area contributed by atoms with Gasteiger partial charge in [-0.1, -0.05) is 18.2 Å². The molecule has 0 aliphatic carbocycles. The molecule has 0 aliphatic heterocycles. The van der Waals surface area contributed by atoms with Crippen molar-refractivity contribution in [2.45, 2.75) is 19.4 Å². The number of carbonyl (C=O) groups is 1. The molecule has 0 saturated heterocycles. The van der Waals surface area contributed by atoms with Crippen LogP contribution < -0.4 is 15.8 Å². The summed E-state index contributed by atoms with van der Waals surface area (Å²) in [5.74, 6) is 0.660. The van der Waals surface area contributed by atoms with Crippen LogP contribution in [0.3, 0.4) is 0 Å². The van der Waals surface area contributed by atoms with Crippen molar-refractivity contribution in [2.24, 2.45) is 5.73 Å². The van der Waals surface area contributed by atoms with E-state index in [2.05, 4.69) is 10.3 Å². The predicted molar refractivity (Wildman–Crippen MR) is 83.7 cm³/mol. The Kier molecular flexibility index (Phi) is 5.30. The van der Waals surface area contributed by atoms with Crippen LogP contribution in [0.25, 0.3) is 0 Å². The minimum atomic E-state index is -0.173. The van der Waals surface area contributed by atoms with Gasteiger partial charge in [0.1, 0.15) is 16.5 Å². The van der Waals surface area contributed by atoms with Crippen LogP contribution in [0, 0.1) is 0 Å². The first kappa shape index (κ1) is 15.5. The predicted octanol–water partition coefficient (Wildman–Crippen LogP) is 2.14. The summed E-state index contributed by atoms with van der Waals surface area (Å²) in [5.41, 5.74) is 7.23. The number of aromatic nitrogens is 1. The number of carbonyl (C=O) groups excluding carboxylic acids is 1. The molecule has 0 radical (unpaired) electrons. The number of ether oxygens (including phenoxy) is 1. The molecule has 2 aromatic rings. The van der Waals surface area contributed by atoms with Crippen molar-refractivity contribution in [3.8, 4) is 5.75 Å². The van der Waals surface area contributed by atoms with Gasteiger partial charge < -0.3 is 15.8 Å². The monoisotopic (exact) mass is 305 g/mol. The molecule has 3 N–H and O–H groups in total. The van der Waals surface area contributed by atoms with E-state index in [0.717, 1.165) is 16.3 Å². The van der Waals surface area contributed by atoms with E-state index in [-0.39, 0.29) is 11.9 Å². The zero-order chi connectivity index (χ0) is 15.2. The Morgan fingerprint density at radius 1 is 1.48 bits per heavy atom. The lowest BCUT2D eigenvalue weighted by Gasteiger charge is -2.08. The highest BCUT2D eigenvalue weighted by Gasteiger charge is 2.12. The maximum absolute atomic E-state index is 12.0. The quantitative estimate of drug-likeness (QED) is 0.857. The highest BCUT2D eigenvalue weighted by atomic mass is 32.1. The van der Waals surface area contributed by atoms with Crippen molar-refractivity contribution in [2.75, 3.05) is 13.7 Å². The molecule has 1 unspecified atom stereocenters. The summed E-state index contributed by atoms with van der Waals surface area (Å²) in [6.07, 6.45) is 0.708. The fraction of sp³-hybridized carbons (Fsp3) is 0.333. The number of thiazole rings is 1. The molecule has 1 aromatic heterocycles. The van der Waals surface area contributed by atoms with Crippen molar-refractivity contribution in [1.29, 1.82) is 0 Å². The maximum atomic E-state index is 12.0. The topological polar surface area (TPSA) is 77.2 Å². The van der Waals surface area contributed by atoms with Gasteiger partial charge in [0.05, 0.1) is 13.2 Å². The highest BCUT2D eigenvalue weighted by Crippen LogP contribution is 2.18. The van der Waals surface area contributed by atoms with Gasteiger partial charge in [-0.15, -0.1) is 11.3 Å². The van der Waals surface area contributed by atoms with Crippen LogP contribution in [0.15, 0.2) is 29.6 Å². The van der Waals surface area contributed by atoms with Gasteiger partial charge in [0.25, 0.3) is 5.91 Å². The van der Waals surface area contributed by atoms with Gasteiger partial charge in [-0.05, 0) is 25.0 Å². The van der Waals surface area contributed by atoms with E-state index in [0.29, 0.717) is 18.7 Å². The van der Waals surface area contributed by atoms with E-state index in [1.807, 2.05) is 31.2 Å². The Morgan fingerprint density at radius 3 is 2.90 bits per heavy atom. The lowest BCUT2D eigenvalue weighted by Crippen LogP contribution is -2.26. The molecule has 6 heteroatoms. The average molecular weight is 305 g/mol. The normalized spacial score (nSPS) is 12.0. The molecule has 1 atom stereocenters. The summed E-state index contributed by atoms with van der Waals surface area (Å²) in [5, 5.41) is 5.36. The summed E-state index contributed by atoms with van der Waals surface area (Å²) >= 11 is 1.40. The molecule has 0 fully saturated rings. The Balaban J connectivity index is 1.89. The van der Waals surface area contributed by atoms with Crippen molar-refractivity contribution in [3.05, 3.63) is 45.9 Å². The molecule has 0 saturated carbocycles. The summed E-state index contributed by atoms with van der Waals surface area (Å²) in [6.45, 7) is 2.38. The van der Waals surface area contributed by atoms with Gasteiger partial charge in [0.15, 0.2) is 0 Å². The second-order valence-electron chi connectivity index (χ2n) is 4.68. The van der Waals surface area contributed by atoms with Crippen molar-refractivity contribution >= 4 is 17.2 Å². The third-order valence-corrected chi connectivity index (χ3v) is 4.06. The zero-order valence-corrected chi connectivity index (χ0v) is 12.9. The van der Waals surface area contributed by atoms with E-state index in [1.54, 1.807) is 12.5 Å². The van der Waals surface area contributed by atoms with Gasteiger partial charge in [-0.3, -0.25) is 4.79 Å². The number of hydrogen-bond acceptors (Lipinski definition) is 5. The van der Waals surface area contributed by atoms with Gasteiger partial charge in [0.2, 0.25) is 0 Å². The first-order valence-electron chi connectivity index (χ1n) is 6.73. The fourth-order valence-corrected chi connectivity index (χ4v) is 2.67. The van der Waals surface area contributed by atoms with Gasteiger partial charge in [0, 0.05) is 11.9 Å². The molecule has 112 valence electrons. The maximum Gasteiger partial charge on any atom is 0.270 e. The number of hydrogen-bond donors (Lipinski definition) is 2. The van der Waals surface area contributed by atoms with E-state index >= 15 is 0 Å². The van der Waals surface area contributed by atoms with E-state index < -0.39 is 0 Å². The summed E-state index contributed by atoms with van der Waals surface area (Å²) in [4.78, 5) is 16.2. The lowest BCUT2D eigenvalue weighted by atomic mass is 10.1. The molecule has 2 rings (SSSR count). The molecule has 1 aromatic carbocycles. The SMILES string of the molecule is COc1ccccc1CCNC(=O)c1csc(C(C)N)n1. The van der Waals surface area contributed by atoms with Crippen LogP contribution in [-0.4, -0.2) is 24.5 Å². The zero-order valence-electron chi connectivity index (χ0n) is 12.1. The smallest absolute Gasteiger partial charge is 0.270 e. The largest absolute Gasteiger partial charge is 0.496 e. The number of amides is 1. The van der Waals surface area contributed by atoms with E-state index in [9.17, 15) is 4.79 Å². The van der Waals surface area contributed by atoms with Crippen molar-refractivity contribution in [3.63, 3.8) is 0 Å². The van der Waals surface area contributed by atoms with Crippen LogP contribution >= 0.6 is 11.3 Å². The van der Waals surface area contributed by atoms with Crippen LogP contribution in [0.2, 0.25) is 0 Å². The van der Waals surface area contributed by atoms with Crippen LogP contribution in [0.5, 0.6) is 5.75 Å². The van der Waals surface area contributed by atoms with Gasteiger partial charge in [-0.25, -0.2) is 4.98 Å². The Bertz CT molecular complexity index is 610. The minimum absolute atomic E-state index is 0.148. The minimum Gasteiger partial charge on any atom is -0.496 e. The number of rotatable bonds is 6. The van der Waals surface area contributed by atoms with Gasteiger partial charge >= 0.3 is 0 Å². The van der Waals surface area contributed by atoms with E-state index in [4.69, 9.17) is 10.5 Å². The van der Waals surface area contributed by atoms with E-state index in [1.165, 1.54) is 11.3 Å². The van der Waals surface area contributed by atoms with Gasteiger partial charge in [-0.2, -0.15) is 0 Å². The average Bonchev–Trinajstić information content (AvgIpc) is 2.98. The summed E-state index contributed by atoms with van der Waals surface area (Å²) < 4.78 is 5.28. The van der Waals surface area contributed by atoms with Crippen LogP contribution in [0.4, 0.5) is 0 Å². The lowest BCUT2D eigenvalue weighted by molar-refractivity contribution is 0.0949. The van der Waals surface area contributed by atoms with Crippen LogP contribution in [0.1, 0.15) is 34.0 Å². The molecule has 0 aliphatic rings. The number of nitrogens with zero attached hydrogens (tertiary/aromatic N) is 1. The van der Waals surface area contributed by atoms with Crippen LogP contribution in [-0.2, 0) is 6.42 Å². The standard InChI is InChI=1S/C15H19N3O2S/c1-10(16)15-18-12(9-21-15)14(19)17-8-7-11-5-3-4-6-13(11)20-2/h3-6,9-10H,7-8,16H2,1-2H3,(H,17,19). The summed E-state index contributed by atoms with van der Waals surface area (Å²) in [6, 6.07) is 7.63. The molecule has 1 heterocycles. The second-order valence-corrected chi connectivity index (χ2v) is 5.57. The number of para-hydroxylation sites is 1. The molecule has 0 spiro atoms. The van der Waals surface area contributed by atoms with Crippen molar-refractivity contribution in [1.82, 2.24) is 10.3 Å². The third kappa shape index (κ3) is 4.03. The number of methoxy groups -OCH3 is 1. The number of nitrogens with one attached hydrogen (secondary N) is 1. The Morgan fingerprint density at radius 2 is 2.24 bits per heavy atom. The molecule has 1 amide bonds. The number of nitrogens with two attached hydrogens (primary N) is 1. The fourth-order valence-electron chi connectivity index (χ4n) is 1.91. The molecule has 0 bridgehead atoms. The van der Waals surface area contributed by atoms with Crippen molar-refractivity contribution < 1.29 is 9.53 Å². The first-order valence-corrected chi connectivity index (χ1v) is 7.61. The third-order valence-electron chi connectivity index (χ3n) is 3.02. The molecule has 5 nitrogen and oxygen atoms in total. The molecular weight excluding hydrogens is 286 g/mol. The first-order chi connectivity index (χ1) is 10.1. The molecular formula is C15H19N3O2S. The highest BCUT2D eigenvalue weighted by molar-refractivity contribution is 7.09. The Labute approximate surface area is 128 Å². The molecule has 21 heavy (non-hydrogen) atoms. The number of benzene rings is 1. The summed E-state index contributed by atoms with van der Waals surface area (Å²) in [7, 11) is 1.64. The second kappa shape index (κ2) is 7.19. The Hall–Kier alpha value is -1.92.